The molecule has 4 nitrogen and oxygen atoms in total. The highest BCUT2D eigenvalue weighted by Gasteiger charge is 2.25. The Hall–Kier alpha value is -0.520. The number of hydrogen-bond acceptors (Lipinski definition) is 4. The van der Waals surface area contributed by atoms with E-state index < -0.39 is 0 Å². The molecule has 18 heavy (non-hydrogen) atoms. The first-order chi connectivity index (χ1) is 8.61. The predicted octanol–water partition coefficient (Wildman–Crippen LogP) is 2.46. The van der Waals surface area contributed by atoms with Gasteiger partial charge in [-0.05, 0) is 26.3 Å². The van der Waals surface area contributed by atoms with Crippen LogP contribution in [0.25, 0.3) is 0 Å². The van der Waals surface area contributed by atoms with Gasteiger partial charge in [0, 0.05) is 30.7 Å². The molecule has 1 unspecified atom stereocenters. The van der Waals surface area contributed by atoms with Crippen molar-refractivity contribution in [1.82, 2.24) is 14.9 Å². The second-order valence-electron chi connectivity index (χ2n) is 4.94. The van der Waals surface area contributed by atoms with E-state index >= 15 is 0 Å². The van der Waals surface area contributed by atoms with Crippen LogP contribution < -0.4 is 0 Å². The van der Waals surface area contributed by atoms with Crippen LogP contribution in [0.5, 0.6) is 0 Å². The lowest BCUT2D eigenvalue weighted by Gasteiger charge is -2.34. The maximum Gasteiger partial charge on any atom is 0.158 e. The third-order valence-corrected chi connectivity index (χ3v) is 3.87. The molecule has 1 aromatic heterocycles. The highest BCUT2D eigenvalue weighted by Crippen LogP contribution is 2.21. The minimum absolute atomic E-state index is 0.000417. The van der Waals surface area contributed by atoms with E-state index in [1.807, 2.05) is 13.1 Å². The third kappa shape index (κ3) is 3.08. The minimum atomic E-state index is -0.000417. The number of rotatable bonds is 3. The smallest absolute Gasteiger partial charge is 0.158 e. The minimum Gasteiger partial charge on any atom is -0.368 e. The first kappa shape index (κ1) is 13.9. The van der Waals surface area contributed by atoms with Crippen molar-refractivity contribution in [2.24, 2.45) is 0 Å². The molecule has 1 aliphatic heterocycles. The molecule has 1 aromatic rings. The Morgan fingerprint density at radius 3 is 3.00 bits per heavy atom. The Morgan fingerprint density at radius 2 is 2.33 bits per heavy atom. The number of aryl methyl sites for hydroxylation is 1. The molecule has 0 spiro atoms. The molecular formula is C13H20BrN3O. The normalized spacial score (nSPS) is 21.5. The number of nitrogens with zero attached hydrogens (tertiary/aromatic N) is 3. The van der Waals surface area contributed by atoms with E-state index in [-0.39, 0.29) is 6.10 Å². The van der Waals surface area contributed by atoms with Crippen LogP contribution in [0.3, 0.4) is 0 Å². The maximum absolute atomic E-state index is 5.80. The first-order valence-electron chi connectivity index (χ1n) is 6.36. The molecule has 0 bridgehead atoms. The fourth-order valence-electron chi connectivity index (χ4n) is 2.08. The molecule has 2 rings (SSSR count). The van der Waals surface area contributed by atoms with E-state index in [0.29, 0.717) is 6.04 Å². The summed E-state index contributed by atoms with van der Waals surface area (Å²) in [6, 6.07) is 0.539. The van der Waals surface area contributed by atoms with Gasteiger partial charge >= 0.3 is 0 Å². The summed E-state index contributed by atoms with van der Waals surface area (Å²) in [6.45, 7) is 9.07. The summed E-state index contributed by atoms with van der Waals surface area (Å²) in [4.78, 5) is 11.4. The van der Waals surface area contributed by atoms with Gasteiger partial charge in [-0.1, -0.05) is 15.9 Å². The van der Waals surface area contributed by atoms with Crippen LogP contribution in [-0.4, -0.2) is 40.6 Å². The number of halogens is 1. The average Bonchev–Trinajstić information content (AvgIpc) is 2.39. The fraction of sp³-hybridized carbons (Fsp3) is 0.692. The molecule has 2 heterocycles. The summed E-state index contributed by atoms with van der Waals surface area (Å²) < 4.78 is 5.80. The van der Waals surface area contributed by atoms with Crippen molar-refractivity contribution in [2.75, 3.05) is 19.7 Å². The molecule has 5 heteroatoms. The fourth-order valence-corrected chi connectivity index (χ4v) is 2.65. The maximum atomic E-state index is 5.80. The van der Waals surface area contributed by atoms with Crippen molar-refractivity contribution in [3.63, 3.8) is 0 Å². The van der Waals surface area contributed by atoms with Crippen LogP contribution in [-0.2, 0) is 10.1 Å². The van der Waals surface area contributed by atoms with Crippen LogP contribution in [0.4, 0.5) is 0 Å². The lowest BCUT2D eigenvalue weighted by atomic mass is 10.2. The van der Waals surface area contributed by atoms with E-state index in [2.05, 4.69) is 44.6 Å². The van der Waals surface area contributed by atoms with Gasteiger partial charge in [-0.3, -0.25) is 4.90 Å². The van der Waals surface area contributed by atoms with Gasteiger partial charge in [-0.25, -0.2) is 9.97 Å². The number of hydrogen-bond donors (Lipinski definition) is 0. The van der Waals surface area contributed by atoms with Crippen molar-refractivity contribution < 1.29 is 4.74 Å². The van der Waals surface area contributed by atoms with Gasteiger partial charge in [0.15, 0.2) is 5.82 Å². The Balaban J connectivity index is 2.15. The average molecular weight is 314 g/mol. The summed E-state index contributed by atoms with van der Waals surface area (Å²) in [5.74, 6) is 0.806. The zero-order valence-corrected chi connectivity index (χ0v) is 12.8. The van der Waals surface area contributed by atoms with E-state index in [0.717, 1.165) is 42.1 Å². The first-order valence-corrected chi connectivity index (χ1v) is 7.48. The lowest BCUT2D eigenvalue weighted by molar-refractivity contribution is -0.0443. The van der Waals surface area contributed by atoms with Gasteiger partial charge in [-0.2, -0.15) is 0 Å². The van der Waals surface area contributed by atoms with Gasteiger partial charge in [0.25, 0.3) is 0 Å². The largest absolute Gasteiger partial charge is 0.368 e. The molecule has 1 fully saturated rings. The standard InChI is InChI=1S/C13H20BrN3O/c1-9(2)17-4-5-18-12(8-17)13-15-7-10(3)11(6-14)16-13/h7,9,12H,4-6,8H2,1-3H3. The van der Waals surface area contributed by atoms with Crippen molar-refractivity contribution in [2.45, 2.75) is 38.2 Å². The van der Waals surface area contributed by atoms with E-state index in [1.165, 1.54) is 0 Å². The van der Waals surface area contributed by atoms with E-state index in [1.54, 1.807) is 0 Å². The Kier molecular flexibility index (Phi) is 4.70. The van der Waals surface area contributed by atoms with Crippen LogP contribution in [0.15, 0.2) is 6.20 Å². The van der Waals surface area contributed by atoms with Crippen molar-refractivity contribution in [3.05, 3.63) is 23.3 Å². The second kappa shape index (κ2) is 6.08. The van der Waals surface area contributed by atoms with Crippen LogP contribution in [0, 0.1) is 6.92 Å². The molecule has 0 radical (unpaired) electrons. The molecule has 0 aliphatic carbocycles. The van der Waals surface area contributed by atoms with Gasteiger partial charge in [-0.15, -0.1) is 0 Å². The molecule has 0 aromatic carbocycles. The predicted molar refractivity (Wildman–Crippen MR) is 74.8 cm³/mol. The summed E-state index contributed by atoms with van der Waals surface area (Å²) in [6.07, 6.45) is 1.89. The van der Waals surface area contributed by atoms with Crippen LogP contribution in [0.2, 0.25) is 0 Å². The van der Waals surface area contributed by atoms with Crippen LogP contribution >= 0.6 is 15.9 Å². The Morgan fingerprint density at radius 1 is 1.56 bits per heavy atom. The monoisotopic (exact) mass is 313 g/mol. The molecule has 100 valence electrons. The highest BCUT2D eigenvalue weighted by molar-refractivity contribution is 9.08. The molecular weight excluding hydrogens is 294 g/mol. The number of aromatic nitrogens is 2. The van der Waals surface area contributed by atoms with Gasteiger partial charge < -0.3 is 4.74 Å². The highest BCUT2D eigenvalue weighted by atomic mass is 79.9. The molecule has 0 saturated carbocycles. The van der Waals surface area contributed by atoms with E-state index in [9.17, 15) is 0 Å². The van der Waals surface area contributed by atoms with Crippen molar-refractivity contribution in [3.8, 4) is 0 Å². The molecule has 1 saturated heterocycles. The zero-order chi connectivity index (χ0) is 13.1. The summed E-state index contributed by atoms with van der Waals surface area (Å²) in [7, 11) is 0. The van der Waals surface area contributed by atoms with Gasteiger partial charge in [0.05, 0.1) is 12.3 Å². The van der Waals surface area contributed by atoms with Crippen molar-refractivity contribution in [1.29, 1.82) is 0 Å². The third-order valence-electron chi connectivity index (χ3n) is 3.34. The molecule has 0 amide bonds. The number of morpholine rings is 1. The summed E-state index contributed by atoms with van der Waals surface area (Å²) in [5, 5.41) is 0.759. The van der Waals surface area contributed by atoms with Crippen molar-refractivity contribution >= 4 is 15.9 Å². The summed E-state index contributed by atoms with van der Waals surface area (Å²) in [5.41, 5.74) is 2.16. The number of ether oxygens (including phenoxy) is 1. The van der Waals surface area contributed by atoms with Crippen LogP contribution in [0.1, 0.15) is 37.0 Å². The van der Waals surface area contributed by atoms with Gasteiger partial charge in [0.2, 0.25) is 0 Å². The lowest BCUT2D eigenvalue weighted by Crippen LogP contribution is -2.42. The quantitative estimate of drug-likeness (QED) is 0.803. The Labute approximate surface area is 117 Å². The topological polar surface area (TPSA) is 38.2 Å². The zero-order valence-electron chi connectivity index (χ0n) is 11.2. The van der Waals surface area contributed by atoms with Gasteiger partial charge in [0.1, 0.15) is 6.10 Å². The Bertz CT molecular complexity index is 411. The SMILES string of the molecule is Cc1cnc(C2CN(C(C)C)CCO2)nc1CBr. The van der Waals surface area contributed by atoms with E-state index in [4.69, 9.17) is 4.74 Å². The molecule has 1 atom stereocenters. The number of alkyl halides is 1. The second-order valence-corrected chi connectivity index (χ2v) is 5.50. The molecule has 1 aliphatic rings. The molecule has 0 N–H and O–H groups in total. The summed E-state index contributed by atoms with van der Waals surface area (Å²) >= 11 is 3.46.